The Hall–Kier alpha value is -1.64. The lowest BCUT2D eigenvalue weighted by Gasteiger charge is -2.37. The molecule has 1 aliphatic heterocycles. The van der Waals surface area contributed by atoms with Gasteiger partial charge in [0, 0.05) is 36.4 Å². The minimum atomic E-state index is -3.27. The SMILES string of the molecule is Cc1cc(N2CC(C)OC(C)C2)ccc1NC(=O)C1CCC(NS(=O)(=O)C(C)C)CC1. The molecule has 2 aliphatic rings. The minimum Gasteiger partial charge on any atom is -0.372 e. The van der Waals surface area contributed by atoms with Crippen molar-refractivity contribution in [3.05, 3.63) is 23.8 Å². The maximum Gasteiger partial charge on any atom is 0.227 e. The van der Waals surface area contributed by atoms with Crippen LogP contribution in [0.4, 0.5) is 11.4 Å². The molecule has 31 heavy (non-hydrogen) atoms. The Morgan fingerprint density at radius 3 is 2.26 bits per heavy atom. The van der Waals surface area contributed by atoms with E-state index in [1.165, 1.54) is 0 Å². The smallest absolute Gasteiger partial charge is 0.227 e. The van der Waals surface area contributed by atoms with Gasteiger partial charge in [-0.25, -0.2) is 13.1 Å². The van der Waals surface area contributed by atoms with Gasteiger partial charge in [-0.15, -0.1) is 0 Å². The first-order chi connectivity index (χ1) is 14.5. The summed E-state index contributed by atoms with van der Waals surface area (Å²) in [4.78, 5) is 15.1. The molecule has 7 nitrogen and oxygen atoms in total. The summed E-state index contributed by atoms with van der Waals surface area (Å²) < 4.78 is 32.7. The molecule has 2 unspecified atom stereocenters. The molecule has 1 heterocycles. The van der Waals surface area contributed by atoms with Crippen molar-refractivity contribution in [1.29, 1.82) is 0 Å². The number of benzene rings is 1. The third-order valence-electron chi connectivity index (χ3n) is 6.30. The first-order valence-electron chi connectivity index (χ1n) is 11.4. The van der Waals surface area contributed by atoms with Crippen molar-refractivity contribution in [3.63, 3.8) is 0 Å². The highest BCUT2D eigenvalue weighted by molar-refractivity contribution is 7.90. The summed E-state index contributed by atoms with van der Waals surface area (Å²) in [5, 5.41) is 2.65. The van der Waals surface area contributed by atoms with Crippen LogP contribution >= 0.6 is 0 Å². The monoisotopic (exact) mass is 451 g/mol. The third kappa shape index (κ3) is 6.20. The van der Waals surface area contributed by atoms with E-state index >= 15 is 0 Å². The Bertz CT molecular complexity index is 869. The molecule has 1 aromatic carbocycles. The molecule has 1 aliphatic carbocycles. The zero-order chi connectivity index (χ0) is 22.8. The van der Waals surface area contributed by atoms with Gasteiger partial charge in [0.05, 0.1) is 17.5 Å². The van der Waals surface area contributed by atoms with Crippen LogP contribution in [0.15, 0.2) is 18.2 Å². The van der Waals surface area contributed by atoms with Gasteiger partial charge >= 0.3 is 0 Å². The molecule has 2 N–H and O–H groups in total. The molecule has 2 atom stereocenters. The number of hydrogen-bond donors (Lipinski definition) is 2. The van der Waals surface area contributed by atoms with Gasteiger partial charge in [-0.05, 0) is 84.1 Å². The number of morpholine rings is 1. The Morgan fingerprint density at radius 2 is 1.71 bits per heavy atom. The number of rotatable bonds is 6. The Labute approximate surface area is 187 Å². The largest absolute Gasteiger partial charge is 0.372 e. The molecular weight excluding hydrogens is 414 g/mol. The highest BCUT2D eigenvalue weighted by Gasteiger charge is 2.30. The number of hydrogen-bond acceptors (Lipinski definition) is 5. The average molecular weight is 452 g/mol. The van der Waals surface area contributed by atoms with E-state index in [2.05, 4.69) is 40.9 Å². The number of anilines is 2. The molecule has 1 saturated heterocycles. The van der Waals surface area contributed by atoms with Gasteiger partial charge < -0.3 is 15.0 Å². The van der Waals surface area contributed by atoms with Gasteiger partial charge in [0.1, 0.15) is 0 Å². The fraction of sp³-hybridized carbons (Fsp3) is 0.696. The number of nitrogens with one attached hydrogen (secondary N) is 2. The maximum atomic E-state index is 12.8. The van der Waals surface area contributed by atoms with Crippen LogP contribution in [-0.4, -0.2) is 50.9 Å². The highest BCUT2D eigenvalue weighted by Crippen LogP contribution is 2.29. The molecule has 3 rings (SSSR count). The van der Waals surface area contributed by atoms with Crippen molar-refractivity contribution in [2.75, 3.05) is 23.3 Å². The normalized spacial score (nSPS) is 27.4. The van der Waals surface area contributed by atoms with Crippen LogP contribution in [0.25, 0.3) is 0 Å². The second-order valence-electron chi connectivity index (χ2n) is 9.41. The zero-order valence-corrected chi connectivity index (χ0v) is 20.2. The van der Waals surface area contributed by atoms with E-state index in [9.17, 15) is 13.2 Å². The lowest BCUT2D eigenvalue weighted by atomic mass is 9.86. The number of nitrogens with zero attached hydrogens (tertiary/aromatic N) is 1. The number of aryl methyl sites for hydroxylation is 1. The summed E-state index contributed by atoms with van der Waals surface area (Å²) in [5.74, 6) is -0.0607. The Balaban J connectivity index is 1.55. The van der Waals surface area contributed by atoms with Gasteiger partial charge in [0.25, 0.3) is 0 Å². The van der Waals surface area contributed by atoms with Crippen molar-refractivity contribution >= 4 is 27.3 Å². The fourth-order valence-electron chi connectivity index (χ4n) is 4.45. The van der Waals surface area contributed by atoms with Gasteiger partial charge in [0.15, 0.2) is 0 Å². The summed E-state index contributed by atoms with van der Waals surface area (Å²) >= 11 is 0. The van der Waals surface area contributed by atoms with Crippen LogP contribution in [0.2, 0.25) is 0 Å². The van der Waals surface area contributed by atoms with E-state index in [0.29, 0.717) is 25.7 Å². The first-order valence-corrected chi connectivity index (χ1v) is 12.9. The van der Waals surface area contributed by atoms with Crippen LogP contribution in [0, 0.1) is 12.8 Å². The first kappa shape index (κ1) is 24.0. The van der Waals surface area contributed by atoms with Gasteiger partial charge in [-0.3, -0.25) is 4.79 Å². The number of amides is 1. The van der Waals surface area contributed by atoms with E-state index in [1.54, 1.807) is 13.8 Å². The quantitative estimate of drug-likeness (QED) is 0.692. The summed E-state index contributed by atoms with van der Waals surface area (Å²) in [6, 6.07) is 6.09. The molecule has 1 saturated carbocycles. The van der Waals surface area contributed by atoms with Crippen molar-refractivity contribution in [1.82, 2.24) is 4.72 Å². The molecule has 2 fully saturated rings. The highest BCUT2D eigenvalue weighted by atomic mass is 32.2. The van der Waals surface area contributed by atoms with Crippen molar-refractivity contribution in [3.8, 4) is 0 Å². The van der Waals surface area contributed by atoms with Crippen molar-refractivity contribution < 1.29 is 17.9 Å². The number of ether oxygens (including phenoxy) is 1. The van der Waals surface area contributed by atoms with Crippen molar-refractivity contribution in [2.45, 2.75) is 83.8 Å². The molecule has 8 heteroatoms. The van der Waals surface area contributed by atoms with Crippen LogP contribution in [0.3, 0.4) is 0 Å². The van der Waals surface area contributed by atoms with E-state index in [-0.39, 0.29) is 30.1 Å². The molecule has 0 spiro atoms. The van der Waals surface area contributed by atoms with Crippen LogP contribution in [0.1, 0.15) is 58.9 Å². The molecule has 0 bridgehead atoms. The predicted octanol–water partition coefficient (Wildman–Crippen LogP) is 3.43. The van der Waals surface area contributed by atoms with E-state index in [0.717, 1.165) is 30.0 Å². The van der Waals surface area contributed by atoms with Crippen LogP contribution in [0.5, 0.6) is 0 Å². The number of carbonyl (C=O) groups is 1. The molecule has 0 radical (unpaired) electrons. The predicted molar refractivity (Wildman–Crippen MR) is 125 cm³/mol. The molecule has 1 amide bonds. The van der Waals surface area contributed by atoms with E-state index < -0.39 is 15.3 Å². The summed E-state index contributed by atoms with van der Waals surface area (Å²) in [6.07, 6.45) is 3.16. The maximum absolute atomic E-state index is 12.8. The number of carbonyl (C=O) groups excluding carboxylic acids is 1. The van der Waals surface area contributed by atoms with Crippen molar-refractivity contribution in [2.24, 2.45) is 5.92 Å². The molecular formula is C23H37N3O4S. The summed E-state index contributed by atoms with van der Waals surface area (Å²) in [5.41, 5.74) is 3.03. The summed E-state index contributed by atoms with van der Waals surface area (Å²) in [6.45, 7) is 11.3. The van der Waals surface area contributed by atoms with Gasteiger partial charge in [0.2, 0.25) is 15.9 Å². The molecule has 174 valence electrons. The second kappa shape index (κ2) is 9.88. The topological polar surface area (TPSA) is 87.7 Å². The Kier molecular flexibility index (Phi) is 7.65. The third-order valence-corrected chi connectivity index (χ3v) is 8.21. The van der Waals surface area contributed by atoms with E-state index in [1.807, 2.05) is 13.0 Å². The molecule has 0 aromatic heterocycles. The number of sulfonamides is 1. The zero-order valence-electron chi connectivity index (χ0n) is 19.3. The minimum absolute atomic E-state index is 0.0228. The van der Waals surface area contributed by atoms with Gasteiger partial charge in [-0.1, -0.05) is 0 Å². The van der Waals surface area contributed by atoms with E-state index in [4.69, 9.17) is 4.74 Å². The second-order valence-corrected chi connectivity index (χ2v) is 11.7. The Morgan fingerprint density at radius 1 is 1.10 bits per heavy atom. The van der Waals surface area contributed by atoms with Gasteiger partial charge in [-0.2, -0.15) is 0 Å². The molecule has 1 aromatic rings. The van der Waals surface area contributed by atoms with Crippen LogP contribution in [-0.2, 0) is 19.6 Å². The summed E-state index contributed by atoms with van der Waals surface area (Å²) in [7, 11) is -3.27. The average Bonchev–Trinajstić information content (AvgIpc) is 2.69. The lowest BCUT2D eigenvalue weighted by Crippen LogP contribution is -2.45. The van der Waals surface area contributed by atoms with Crippen LogP contribution < -0.4 is 14.9 Å². The fourth-order valence-corrected chi connectivity index (χ4v) is 5.42. The lowest BCUT2D eigenvalue weighted by molar-refractivity contribution is -0.120. The standard InChI is InChI=1S/C23H37N3O4S/c1-15(2)31(28,29)25-20-8-6-19(7-9-20)23(27)24-22-11-10-21(12-16(22)3)26-13-17(4)30-18(5)14-26/h10-12,15,17-20,25H,6-9,13-14H2,1-5H3,(H,24,27).